The summed E-state index contributed by atoms with van der Waals surface area (Å²) in [5.74, 6) is 0. The van der Waals surface area contributed by atoms with Gasteiger partial charge in [-0.1, -0.05) is 42.6 Å². The molecule has 1 fully saturated rings. The van der Waals surface area contributed by atoms with Crippen LogP contribution in [0.1, 0.15) is 59.8 Å². The number of hydrogen-bond acceptors (Lipinski definition) is 2. The highest BCUT2D eigenvalue weighted by molar-refractivity contribution is 4.94. The molecule has 1 rings (SSSR count). The summed E-state index contributed by atoms with van der Waals surface area (Å²) in [5, 5.41) is 0. The standard InChI is InChI=1S/C18H32O2/c1-16(2)8-12-19-14-18(10-6-5-7-11-18)15-20-13-9-17(3)4/h8-9H,5-7,10-15H2,1-4H3. The van der Waals surface area contributed by atoms with E-state index in [2.05, 4.69) is 39.8 Å². The van der Waals surface area contributed by atoms with Crippen molar-refractivity contribution in [1.82, 2.24) is 0 Å². The molecule has 0 unspecified atom stereocenters. The van der Waals surface area contributed by atoms with Crippen molar-refractivity contribution in [2.75, 3.05) is 26.4 Å². The SMILES string of the molecule is CC(C)=CCOCC1(COCC=C(C)C)CCCCC1. The fraction of sp³-hybridized carbons (Fsp3) is 0.778. The Morgan fingerprint density at radius 3 is 1.65 bits per heavy atom. The zero-order valence-electron chi connectivity index (χ0n) is 13.8. The molecule has 0 aromatic rings. The van der Waals surface area contributed by atoms with Crippen molar-refractivity contribution in [3.8, 4) is 0 Å². The van der Waals surface area contributed by atoms with Crippen molar-refractivity contribution < 1.29 is 9.47 Å². The maximum absolute atomic E-state index is 5.89. The van der Waals surface area contributed by atoms with Crippen LogP contribution in [0.2, 0.25) is 0 Å². The van der Waals surface area contributed by atoms with Gasteiger partial charge in [0.2, 0.25) is 0 Å². The largest absolute Gasteiger partial charge is 0.377 e. The molecule has 0 bridgehead atoms. The summed E-state index contributed by atoms with van der Waals surface area (Å²) in [6.45, 7) is 11.6. The molecule has 0 heterocycles. The Balaban J connectivity index is 2.40. The van der Waals surface area contributed by atoms with Crippen LogP contribution in [0.3, 0.4) is 0 Å². The van der Waals surface area contributed by atoms with E-state index in [9.17, 15) is 0 Å². The average molecular weight is 280 g/mol. The molecule has 1 aliphatic rings. The van der Waals surface area contributed by atoms with E-state index in [1.807, 2.05) is 0 Å². The second kappa shape index (κ2) is 9.36. The Labute approximate surface area is 125 Å². The molecule has 0 aromatic carbocycles. The molecule has 0 amide bonds. The highest BCUT2D eigenvalue weighted by Crippen LogP contribution is 2.37. The smallest absolute Gasteiger partial charge is 0.0650 e. The van der Waals surface area contributed by atoms with Gasteiger partial charge in [0.15, 0.2) is 0 Å². The Bertz CT molecular complexity index is 288. The Hall–Kier alpha value is -0.600. The highest BCUT2D eigenvalue weighted by Gasteiger charge is 2.32. The summed E-state index contributed by atoms with van der Waals surface area (Å²) >= 11 is 0. The fourth-order valence-corrected chi connectivity index (χ4v) is 2.63. The van der Waals surface area contributed by atoms with Gasteiger partial charge >= 0.3 is 0 Å². The molecular weight excluding hydrogens is 248 g/mol. The molecule has 0 aliphatic heterocycles. The molecule has 0 radical (unpaired) electrons. The van der Waals surface area contributed by atoms with Gasteiger partial charge in [0.05, 0.1) is 26.4 Å². The highest BCUT2D eigenvalue weighted by atomic mass is 16.5. The minimum atomic E-state index is 0.253. The van der Waals surface area contributed by atoms with E-state index in [-0.39, 0.29) is 5.41 Å². The minimum absolute atomic E-state index is 0.253. The third-order valence-electron chi connectivity index (χ3n) is 3.95. The Morgan fingerprint density at radius 1 is 0.800 bits per heavy atom. The van der Waals surface area contributed by atoms with Crippen LogP contribution in [0.5, 0.6) is 0 Å². The van der Waals surface area contributed by atoms with E-state index in [0.717, 1.165) is 26.4 Å². The van der Waals surface area contributed by atoms with E-state index in [0.29, 0.717) is 0 Å². The van der Waals surface area contributed by atoms with Gasteiger partial charge in [-0.05, 0) is 40.5 Å². The maximum Gasteiger partial charge on any atom is 0.0650 e. The van der Waals surface area contributed by atoms with Gasteiger partial charge in [-0.25, -0.2) is 0 Å². The molecule has 1 aliphatic carbocycles. The second-order valence-corrected chi connectivity index (χ2v) is 6.65. The fourth-order valence-electron chi connectivity index (χ4n) is 2.63. The summed E-state index contributed by atoms with van der Waals surface area (Å²) in [6, 6.07) is 0. The topological polar surface area (TPSA) is 18.5 Å². The number of ether oxygens (including phenoxy) is 2. The third kappa shape index (κ3) is 7.25. The number of allylic oxidation sites excluding steroid dienone is 2. The molecule has 0 saturated heterocycles. The maximum atomic E-state index is 5.89. The summed E-state index contributed by atoms with van der Waals surface area (Å²) in [6.07, 6.45) is 10.8. The third-order valence-corrected chi connectivity index (χ3v) is 3.95. The first-order valence-corrected chi connectivity index (χ1v) is 7.96. The first-order valence-electron chi connectivity index (χ1n) is 7.96. The zero-order valence-corrected chi connectivity index (χ0v) is 13.8. The van der Waals surface area contributed by atoms with E-state index in [4.69, 9.17) is 9.47 Å². The molecule has 0 spiro atoms. The predicted octanol–water partition coefficient (Wildman–Crippen LogP) is 4.90. The van der Waals surface area contributed by atoms with Crippen LogP contribution in [0.15, 0.2) is 23.3 Å². The lowest BCUT2D eigenvalue weighted by atomic mass is 9.75. The van der Waals surface area contributed by atoms with E-state index < -0.39 is 0 Å². The van der Waals surface area contributed by atoms with Crippen molar-refractivity contribution in [3.63, 3.8) is 0 Å². The van der Waals surface area contributed by atoms with Crippen LogP contribution in [0, 0.1) is 5.41 Å². The van der Waals surface area contributed by atoms with Gasteiger partial charge in [0, 0.05) is 5.41 Å². The van der Waals surface area contributed by atoms with Crippen molar-refractivity contribution in [2.45, 2.75) is 59.8 Å². The average Bonchev–Trinajstić information content (AvgIpc) is 2.41. The Morgan fingerprint density at radius 2 is 1.25 bits per heavy atom. The van der Waals surface area contributed by atoms with Gasteiger partial charge < -0.3 is 9.47 Å². The molecule has 2 nitrogen and oxygen atoms in total. The van der Waals surface area contributed by atoms with Crippen LogP contribution in [-0.2, 0) is 9.47 Å². The van der Waals surface area contributed by atoms with E-state index >= 15 is 0 Å². The molecular formula is C18H32O2. The summed E-state index contributed by atoms with van der Waals surface area (Å²) < 4.78 is 11.8. The van der Waals surface area contributed by atoms with Crippen LogP contribution in [0.25, 0.3) is 0 Å². The van der Waals surface area contributed by atoms with Crippen LogP contribution < -0.4 is 0 Å². The van der Waals surface area contributed by atoms with Gasteiger partial charge in [-0.15, -0.1) is 0 Å². The van der Waals surface area contributed by atoms with Crippen LogP contribution in [-0.4, -0.2) is 26.4 Å². The van der Waals surface area contributed by atoms with E-state index in [1.165, 1.54) is 43.3 Å². The van der Waals surface area contributed by atoms with Crippen molar-refractivity contribution in [3.05, 3.63) is 23.3 Å². The lowest BCUT2D eigenvalue weighted by Gasteiger charge is -2.36. The molecule has 116 valence electrons. The lowest BCUT2D eigenvalue weighted by Crippen LogP contribution is -2.34. The molecule has 2 heteroatoms. The molecule has 0 atom stereocenters. The molecule has 0 aromatic heterocycles. The van der Waals surface area contributed by atoms with Crippen molar-refractivity contribution in [2.24, 2.45) is 5.41 Å². The summed E-state index contributed by atoms with van der Waals surface area (Å²) in [5.41, 5.74) is 2.90. The first-order chi connectivity index (χ1) is 9.54. The van der Waals surface area contributed by atoms with Crippen LogP contribution in [0.4, 0.5) is 0 Å². The minimum Gasteiger partial charge on any atom is -0.377 e. The first kappa shape index (κ1) is 17.5. The summed E-state index contributed by atoms with van der Waals surface area (Å²) in [4.78, 5) is 0. The predicted molar refractivity (Wildman–Crippen MR) is 86.0 cm³/mol. The zero-order chi connectivity index (χ0) is 14.8. The van der Waals surface area contributed by atoms with Crippen molar-refractivity contribution >= 4 is 0 Å². The van der Waals surface area contributed by atoms with Gasteiger partial charge in [-0.3, -0.25) is 0 Å². The van der Waals surface area contributed by atoms with Crippen LogP contribution >= 0.6 is 0 Å². The monoisotopic (exact) mass is 280 g/mol. The molecule has 20 heavy (non-hydrogen) atoms. The molecule has 1 saturated carbocycles. The second-order valence-electron chi connectivity index (χ2n) is 6.65. The normalized spacial score (nSPS) is 17.6. The Kier molecular flexibility index (Phi) is 8.16. The number of hydrogen-bond donors (Lipinski definition) is 0. The summed E-state index contributed by atoms with van der Waals surface area (Å²) in [7, 11) is 0. The lowest BCUT2D eigenvalue weighted by molar-refractivity contribution is -0.0303. The quantitative estimate of drug-likeness (QED) is 0.465. The molecule has 0 N–H and O–H groups in total. The number of rotatable bonds is 8. The van der Waals surface area contributed by atoms with E-state index in [1.54, 1.807) is 0 Å². The van der Waals surface area contributed by atoms with Gasteiger partial charge in [-0.2, -0.15) is 0 Å². The van der Waals surface area contributed by atoms with Gasteiger partial charge in [0.1, 0.15) is 0 Å². The van der Waals surface area contributed by atoms with Gasteiger partial charge in [0.25, 0.3) is 0 Å². The van der Waals surface area contributed by atoms with Crippen molar-refractivity contribution in [1.29, 1.82) is 0 Å².